The van der Waals surface area contributed by atoms with E-state index in [1.54, 1.807) is 49.1 Å². The van der Waals surface area contributed by atoms with Crippen LogP contribution in [-0.2, 0) is 6.54 Å². The molecular weight excluding hydrogens is 456 g/mol. The topological polar surface area (TPSA) is 85.7 Å². The van der Waals surface area contributed by atoms with Crippen LogP contribution in [-0.4, -0.2) is 42.8 Å². The number of methoxy groups -OCH3 is 2. The first-order valence-corrected chi connectivity index (χ1v) is 12.0. The molecule has 0 radical (unpaired) electrons. The van der Waals surface area contributed by atoms with Crippen molar-refractivity contribution in [2.24, 2.45) is 0 Å². The summed E-state index contributed by atoms with van der Waals surface area (Å²) in [6, 6.07) is 20.0. The molecule has 1 fully saturated rings. The van der Waals surface area contributed by atoms with E-state index in [-0.39, 0.29) is 18.0 Å². The van der Waals surface area contributed by atoms with Gasteiger partial charge in [0.1, 0.15) is 11.5 Å². The van der Waals surface area contributed by atoms with E-state index in [1.165, 1.54) is 0 Å². The van der Waals surface area contributed by atoms with Gasteiger partial charge in [-0.1, -0.05) is 18.2 Å². The summed E-state index contributed by atoms with van der Waals surface area (Å²) in [5, 5.41) is 3.40. The van der Waals surface area contributed by atoms with Crippen LogP contribution in [0.1, 0.15) is 28.8 Å². The summed E-state index contributed by atoms with van der Waals surface area (Å²) in [5.74, 6) is 1.68. The van der Waals surface area contributed by atoms with Crippen molar-refractivity contribution in [3.8, 4) is 17.2 Å². The monoisotopic (exact) mass is 484 g/mol. The molecule has 0 bridgehead atoms. The molecule has 0 aliphatic carbocycles. The van der Waals surface area contributed by atoms with E-state index < -0.39 is 0 Å². The molecule has 1 saturated heterocycles. The zero-order valence-corrected chi connectivity index (χ0v) is 20.4. The summed E-state index contributed by atoms with van der Waals surface area (Å²) in [6.45, 7) is 1.94. The SMILES string of the molecule is COc1ccc(OC)c(CNC(=O)c2ccc3c(=O)n(-c4ccccc4)c(N4CCCC4)nc3c2)c1. The number of anilines is 1. The van der Waals surface area contributed by atoms with Gasteiger partial charge in [-0.15, -0.1) is 0 Å². The highest BCUT2D eigenvalue weighted by Crippen LogP contribution is 2.25. The number of hydrogen-bond donors (Lipinski definition) is 1. The van der Waals surface area contributed by atoms with Crippen molar-refractivity contribution in [2.75, 3.05) is 32.2 Å². The van der Waals surface area contributed by atoms with E-state index in [2.05, 4.69) is 10.2 Å². The lowest BCUT2D eigenvalue weighted by atomic mass is 10.1. The van der Waals surface area contributed by atoms with Gasteiger partial charge in [0.25, 0.3) is 11.5 Å². The first-order chi connectivity index (χ1) is 17.6. The highest BCUT2D eigenvalue weighted by atomic mass is 16.5. The van der Waals surface area contributed by atoms with E-state index in [0.29, 0.717) is 33.9 Å². The number of fused-ring (bicyclic) bond motifs is 1. The van der Waals surface area contributed by atoms with Crippen LogP contribution in [0.15, 0.2) is 71.5 Å². The molecule has 1 aliphatic heterocycles. The first kappa shape index (κ1) is 23.4. The van der Waals surface area contributed by atoms with Gasteiger partial charge in [-0.2, -0.15) is 0 Å². The van der Waals surface area contributed by atoms with Crippen molar-refractivity contribution in [1.82, 2.24) is 14.9 Å². The Morgan fingerprint density at radius 1 is 0.972 bits per heavy atom. The summed E-state index contributed by atoms with van der Waals surface area (Å²) in [5.41, 5.74) is 2.35. The fourth-order valence-electron chi connectivity index (χ4n) is 4.55. The average Bonchev–Trinajstić information content (AvgIpc) is 3.46. The van der Waals surface area contributed by atoms with Crippen molar-refractivity contribution in [1.29, 1.82) is 0 Å². The maximum Gasteiger partial charge on any atom is 0.267 e. The third-order valence-electron chi connectivity index (χ3n) is 6.44. The predicted molar refractivity (Wildman–Crippen MR) is 140 cm³/mol. The molecule has 5 rings (SSSR count). The Morgan fingerprint density at radius 3 is 2.47 bits per heavy atom. The van der Waals surface area contributed by atoms with Crippen molar-refractivity contribution in [3.63, 3.8) is 0 Å². The standard InChI is InChI=1S/C28H28N4O4/c1-35-22-11-13-25(36-2)20(16-22)18-29-26(33)19-10-12-23-24(17-19)30-28(31-14-6-7-15-31)32(27(23)34)21-8-4-3-5-9-21/h3-5,8-13,16-17H,6-7,14-15,18H2,1-2H3,(H,29,33). The highest BCUT2D eigenvalue weighted by molar-refractivity contribution is 5.97. The largest absolute Gasteiger partial charge is 0.497 e. The zero-order valence-electron chi connectivity index (χ0n) is 20.4. The lowest BCUT2D eigenvalue weighted by Gasteiger charge is -2.22. The zero-order chi connectivity index (χ0) is 25.1. The van der Waals surface area contributed by atoms with Gasteiger partial charge in [-0.05, 0) is 61.4 Å². The lowest BCUT2D eigenvalue weighted by molar-refractivity contribution is 0.0950. The molecule has 1 N–H and O–H groups in total. The summed E-state index contributed by atoms with van der Waals surface area (Å²) in [4.78, 5) is 33.6. The summed E-state index contributed by atoms with van der Waals surface area (Å²) < 4.78 is 12.4. The maximum absolute atomic E-state index is 13.6. The van der Waals surface area contributed by atoms with E-state index in [9.17, 15) is 9.59 Å². The third-order valence-corrected chi connectivity index (χ3v) is 6.44. The average molecular weight is 485 g/mol. The molecule has 3 aromatic carbocycles. The molecule has 0 atom stereocenters. The molecule has 4 aromatic rings. The number of carbonyl (C=O) groups excluding carboxylic acids is 1. The second kappa shape index (κ2) is 10.1. The van der Waals surface area contributed by atoms with Gasteiger partial charge in [0.05, 0.1) is 30.8 Å². The van der Waals surface area contributed by atoms with E-state index >= 15 is 0 Å². The summed E-state index contributed by atoms with van der Waals surface area (Å²) in [7, 11) is 3.18. The van der Waals surface area contributed by atoms with Crippen LogP contribution >= 0.6 is 0 Å². The Hall–Kier alpha value is -4.33. The molecule has 2 heterocycles. The number of hydrogen-bond acceptors (Lipinski definition) is 6. The third kappa shape index (κ3) is 4.49. The Kier molecular flexibility index (Phi) is 6.58. The smallest absolute Gasteiger partial charge is 0.267 e. The van der Waals surface area contributed by atoms with Gasteiger partial charge in [0.15, 0.2) is 0 Å². The molecule has 1 amide bonds. The summed E-state index contributed by atoms with van der Waals surface area (Å²) in [6.07, 6.45) is 2.11. The van der Waals surface area contributed by atoms with Gasteiger partial charge in [0, 0.05) is 30.8 Å². The minimum absolute atomic E-state index is 0.152. The van der Waals surface area contributed by atoms with E-state index in [0.717, 1.165) is 37.2 Å². The minimum Gasteiger partial charge on any atom is -0.497 e. The van der Waals surface area contributed by atoms with Gasteiger partial charge < -0.3 is 19.7 Å². The Bertz CT molecular complexity index is 1460. The number of carbonyl (C=O) groups is 1. The second-order valence-electron chi connectivity index (χ2n) is 8.67. The number of aromatic nitrogens is 2. The lowest BCUT2D eigenvalue weighted by Crippen LogP contribution is -2.30. The molecule has 1 aromatic heterocycles. The maximum atomic E-state index is 13.6. The van der Waals surface area contributed by atoms with Crippen molar-refractivity contribution in [2.45, 2.75) is 19.4 Å². The van der Waals surface area contributed by atoms with Crippen LogP contribution < -0.4 is 25.2 Å². The quantitative estimate of drug-likeness (QED) is 0.428. The molecule has 0 unspecified atom stereocenters. The minimum atomic E-state index is -0.265. The van der Waals surface area contributed by atoms with Crippen LogP contribution in [0, 0.1) is 0 Å². The number of amides is 1. The molecular formula is C28H28N4O4. The number of nitrogens with zero attached hydrogens (tertiary/aromatic N) is 3. The second-order valence-corrected chi connectivity index (χ2v) is 8.67. The van der Waals surface area contributed by atoms with Crippen LogP contribution in [0.2, 0.25) is 0 Å². The normalized spacial score (nSPS) is 13.1. The van der Waals surface area contributed by atoms with Crippen LogP contribution in [0.5, 0.6) is 11.5 Å². The molecule has 1 aliphatic rings. The van der Waals surface area contributed by atoms with Crippen molar-refractivity contribution >= 4 is 22.8 Å². The molecule has 0 spiro atoms. The van der Waals surface area contributed by atoms with Gasteiger partial charge in [-0.3, -0.25) is 9.59 Å². The number of benzene rings is 3. The molecule has 0 saturated carbocycles. The molecule has 36 heavy (non-hydrogen) atoms. The van der Waals surface area contributed by atoms with E-state index in [4.69, 9.17) is 14.5 Å². The van der Waals surface area contributed by atoms with Crippen molar-refractivity contribution < 1.29 is 14.3 Å². The summed E-state index contributed by atoms with van der Waals surface area (Å²) >= 11 is 0. The molecule has 8 heteroatoms. The fourth-order valence-corrected chi connectivity index (χ4v) is 4.55. The van der Waals surface area contributed by atoms with Crippen LogP contribution in [0.4, 0.5) is 5.95 Å². The van der Waals surface area contributed by atoms with Gasteiger partial charge >= 0.3 is 0 Å². The van der Waals surface area contributed by atoms with Crippen molar-refractivity contribution in [3.05, 3.63) is 88.2 Å². The van der Waals surface area contributed by atoms with Crippen LogP contribution in [0.25, 0.3) is 16.6 Å². The van der Waals surface area contributed by atoms with E-state index in [1.807, 2.05) is 36.4 Å². The molecule has 184 valence electrons. The van der Waals surface area contributed by atoms with Crippen LogP contribution in [0.3, 0.4) is 0 Å². The number of ether oxygens (including phenoxy) is 2. The van der Waals surface area contributed by atoms with Gasteiger partial charge in [-0.25, -0.2) is 9.55 Å². The Balaban J connectivity index is 1.49. The number of nitrogens with one attached hydrogen (secondary N) is 1. The highest BCUT2D eigenvalue weighted by Gasteiger charge is 2.21. The molecule has 8 nitrogen and oxygen atoms in total. The Labute approximate surface area is 209 Å². The fraction of sp³-hybridized carbons (Fsp3) is 0.250. The van der Waals surface area contributed by atoms with Gasteiger partial charge in [0.2, 0.25) is 5.95 Å². The Morgan fingerprint density at radius 2 is 1.75 bits per heavy atom. The number of rotatable bonds is 7. The first-order valence-electron chi connectivity index (χ1n) is 12.0. The number of para-hydroxylation sites is 1. The predicted octanol–water partition coefficient (Wildman–Crippen LogP) is 3.93.